The van der Waals surface area contributed by atoms with Gasteiger partial charge in [0.2, 0.25) is 10.0 Å². The molecule has 4 nitrogen and oxygen atoms in total. The van der Waals surface area contributed by atoms with E-state index in [2.05, 4.69) is 5.32 Å². The standard InChI is InChI=1S/C14H20ClFN2O2S/c1-3-18(4-2)21(19,20)13-8-11(15)7-10(14(13)16)9-17-12-5-6-12/h7-8,12,17H,3-6,9H2,1-2H3. The van der Waals surface area contributed by atoms with Crippen LogP contribution in [0.5, 0.6) is 0 Å². The monoisotopic (exact) mass is 334 g/mol. The van der Waals surface area contributed by atoms with E-state index in [9.17, 15) is 12.8 Å². The molecule has 1 N–H and O–H groups in total. The van der Waals surface area contributed by atoms with Crippen molar-refractivity contribution in [3.05, 3.63) is 28.5 Å². The summed E-state index contributed by atoms with van der Waals surface area (Å²) in [7, 11) is -3.85. The SMILES string of the molecule is CCN(CC)S(=O)(=O)c1cc(Cl)cc(CNC2CC2)c1F. The van der Waals surface area contributed by atoms with Crippen molar-refractivity contribution in [2.75, 3.05) is 13.1 Å². The molecule has 1 aliphatic carbocycles. The number of nitrogens with one attached hydrogen (secondary N) is 1. The lowest BCUT2D eigenvalue weighted by Crippen LogP contribution is -2.31. The summed E-state index contributed by atoms with van der Waals surface area (Å²) in [5, 5.41) is 3.40. The quantitative estimate of drug-likeness (QED) is 0.834. The molecule has 1 aliphatic rings. The van der Waals surface area contributed by atoms with E-state index in [1.165, 1.54) is 16.4 Å². The van der Waals surface area contributed by atoms with Crippen LogP contribution < -0.4 is 5.32 Å². The van der Waals surface area contributed by atoms with E-state index < -0.39 is 15.8 Å². The molecule has 0 atom stereocenters. The fourth-order valence-corrected chi connectivity index (χ4v) is 4.08. The van der Waals surface area contributed by atoms with E-state index in [4.69, 9.17) is 11.6 Å². The zero-order valence-corrected chi connectivity index (χ0v) is 13.8. The van der Waals surface area contributed by atoms with Gasteiger partial charge in [-0.25, -0.2) is 12.8 Å². The highest BCUT2D eigenvalue weighted by Gasteiger charge is 2.28. The summed E-state index contributed by atoms with van der Waals surface area (Å²) in [4.78, 5) is -0.341. The molecule has 0 aromatic heterocycles. The molecule has 0 amide bonds. The molecule has 7 heteroatoms. The highest BCUT2D eigenvalue weighted by molar-refractivity contribution is 7.89. The molecule has 1 aromatic rings. The Kier molecular flexibility index (Phi) is 5.24. The molecule has 21 heavy (non-hydrogen) atoms. The van der Waals surface area contributed by atoms with Gasteiger partial charge in [-0.15, -0.1) is 0 Å². The third kappa shape index (κ3) is 3.74. The first-order valence-corrected chi connectivity index (χ1v) is 8.93. The van der Waals surface area contributed by atoms with Crippen molar-refractivity contribution < 1.29 is 12.8 Å². The van der Waals surface area contributed by atoms with Crippen molar-refractivity contribution in [1.29, 1.82) is 0 Å². The molecule has 0 heterocycles. The van der Waals surface area contributed by atoms with E-state index in [0.717, 1.165) is 12.8 Å². The van der Waals surface area contributed by atoms with Gasteiger partial charge in [0.15, 0.2) is 0 Å². The van der Waals surface area contributed by atoms with Crippen LogP contribution in [0.4, 0.5) is 4.39 Å². The minimum absolute atomic E-state index is 0.231. The molecule has 0 saturated heterocycles. The first-order valence-electron chi connectivity index (χ1n) is 7.11. The summed E-state index contributed by atoms with van der Waals surface area (Å²) < 4.78 is 40.7. The summed E-state index contributed by atoms with van der Waals surface area (Å²) in [5.74, 6) is -0.709. The average molecular weight is 335 g/mol. The maximum Gasteiger partial charge on any atom is 0.246 e. The van der Waals surface area contributed by atoms with Gasteiger partial charge in [-0.1, -0.05) is 25.4 Å². The van der Waals surface area contributed by atoms with Crippen LogP contribution in [0.3, 0.4) is 0 Å². The minimum atomic E-state index is -3.85. The number of rotatable bonds is 7. The van der Waals surface area contributed by atoms with E-state index in [-0.39, 0.29) is 16.5 Å². The molecule has 1 saturated carbocycles. The van der Waals surface area contributed by atoms with Gasteiger partial charge < -0.3 is 5.32 Å². The van der Waals surface area contributed by atoms with Gasteiger partial charge in [0.05, 0.1) is 0 Å². The fraction of sp³-hybridized carbons (Fsp3) is 0.571. The van der Waals surface area contributed by atoms with Gasteiger partial charge in [-0.05, 0) is 25.0 Å². The van der Waals surface area contributed by atoms with Crippen molar-refractivity contribution in [2.24, 2.45) is 0 Å². The van der Waals surface area contributed by atoms with Crippen LogP contribution in [-0.4, -0.2) is 31.9 Å². The predicted molar refractivity (Wildman–Crippen MR) is 81.4 cm³/mol. The third-order valence-electron chi connectivity index (χ3n) is 3.56. The topological polar surface area (TPSA) is 49.4 Å². The van der Waals surface area contributed by atoms with Gasteiger partial charge >= 0.3 is 0 Å². The minimum Gasteiger partial charge on any atom is -0.310 e. The van der Waals surface area contributed by atoms with E-state index >= 15 is 0 Å². The van der Waals surface area contributed by atoms with Crippen LogP contribution in [0.15, 0.2) is 17.0 Å². The number of nitrogens with zero attached hydrogens (tertiary/aromatic N) is 1. The van der Waals surface area contributed by atoms with Crippen LogP contribution >= 0.6 is 11.6 Å². The molecular weight excluding hydrogens is 315 g/mol. The lowest BCUT2D eigenvalue weighted by Gasteiger charge is -2.20. The van der Waals surface area contributed by atoms with Crippen LogP contribution in [0, 0.1) is 5.82 Å². The van der Waals surface area contributed by atoms with Gasteiger partial charge in [0.25, 0.3) is 0 Å². The van der Waals surface area contributed by atoms with Gasteiger partial charge in [0.1, 0.15) is 10.7 Å². The van der Waals surface area contributed by atoms with Gasteiger partial charge in [-0.3, -0.25) is 0 Å². The maximum absolute atomic E-state index is 14.5. The number of hydrogen-bond donors (Lipinski definition) is 1. The Morgan fingerprint density at radius 2 is 1.95 bits per heavy atom. The first-order chi connectivity index (χ1) is 9.90. The molecule has 0 spiro atoms. The molecule has 0 bridgehead atoms. The molecule has 1 fully saturated rings. The van der Waals surface area contributed by atoms with Crippen molar-refractivity contribution in [2.45, 2.75) is 44.2 Å². The summed E-state index contributed by atoms with van der Waals surface area (Å²) in [6.45, 7) is 4.32. The Hall–Kier alpha value is -0.690. The number of benzene rings is 1. The Morgan fingerprint density at radius 1 is 1.33 bits per heavy atom. The second kappa shape index (κ2) is 6.60. The van der Waals surface area contributed by atoms with E-state index in [1.807, 2.05) is 0 Å². The van der Waals surface area contributed by atoms with Gasteiger partial charge in [-0.2, -0.15) is 4.31 Å². The lowest BCUT2D eigenvalue weighted by molar-refractivity contribution is 0.439. The number of halogens is 2. The summed E-state index contributed by atoms with van der Waals surface area (Å²) in [5.41, 5.74) is 0.292. The van der Waals surface area contributed by atoms with Crippen LogP contribution in [0.25, 0.3) is 0 Å². The Labute approximate surface area is 130 Å². The molecule has 0 radical (unpaired) electrons. The molecular formula is C14H20ClFN2O2S. The Bertz CT molecular complexity index is 614. The molecule has 2 rings (SSSR count). The number of hydrogen-bond acceptors (Lipinski definition) is 3. The second-order valence-corrected chi connectivity index (χ2v) is 7.46. The zero-order valence-electron chi connectivity index (χ0n) is 12.2. The third-order valence-corrected chi connectivity index (χ3v) is 5.83. The van der Waals surface area contributed by atoms with Crippen LogP contribution in [0.2, 0.25) is 5.02 Å². The van der Waals surface area contributed by atoms with Gasteiger partial charge in [0, 0.05) is 36.3 Å². The largest absolute Gasteiger partial charge is 0.310 e. The zero-order chi connectivity index (χ0) is 15.6. The Morgan fingerprint density at radius 3 is 2.48 bits per heavy atom. The average Bonchev–Trinajstić information content (AvgIpc) is 3.24. The highest BCUT2D eigenvalue weighted by Crippen LogP contribution is 2.27. The lowest BCUT2D eigenvalue weighted by atomic mass is 10.2. The molecule has 0 unspecified atom stereocenters. The summed E-state index contributed by atoms with van der Waals surface area (Å²) in [6, 6.07) is 3.07. The van der Waals surface area contributed by atoms with Crippen molar-refractivity contribution in [1.82, 2.24) is 9.62 Å². The Balaban J connectivity index is 2.38. The second-order valence-electron chi connectivity index (χ2n) is 5.12. The van der Waals surface area contributed by atoms with E-state index in [1.54, 1.807) is 13.8 Å². The summed E-state index contributed by atoms with van der Waals surface area (Å²) >= 11 is 5.97. The molecule has 118 valence electrons. The summed E-state index contributed by atoms with van der Waals surface area (Å²) in [6.07, 6.45) is 2.15. The van der Waals surface area contributed by atoms with Crippen LogP contribution in [-0.2, 0) is 16.6 Å². The molecule has 0 aliphatic heterocycles. The smallest absolute Gasteiger partial charge is 0.246 e. The first kappa shape index (κ1) is 16.7. The van der Waals surface area contributed by atoms with E-state index in [0.29, 0.717) is 24.7 Å². The number of sulfonamides is 1. The normalized spacial score (nSPS) is 15.7. The maximum atomic E-state index is 14.5. The fourth-order valence-electron chi connectivity index (χ4n) is 2.18. The van der Waals surface area contributed by atoms with Crippen molar-refractivity contribution in [3.63, 3.8) is 0 Å². The predicted octanol–water partition coefficient (Wildman–Crippen LogP) is 2.76. The van der Waals surface area contributed by atoms with Crippen molar-refractivity contribution >= 4 is 21.6 Å². The van der Waals surface area contributed by atoms with Crippen LogP contribution in [0.1, 0.15) is 32.3 Å². The molecule has 1 aromatic carbocycles. The highest BCUT2D eigenvalue weighted by atomic mass is 35.5. The van der Waals surface area contributed by atoms with Crippen molar-refractivity contribution in [3.8, 4) is 0 Å².